The van der Waals surface area contributed by atoms with Crippen molar-refractivity contribution in [3.8, 4) is 11.5 Å². The Balaban J connectivity index is 2.26. The molecule has 0 atom stereocenters. The first kappa shape index (κ1) is 15.1. The van der Waals surface area contributed by atoms with Crippen LogP contribution in [0.2, 0.25) is 0 Å². The number of carboxylic acids is 1. The normalized spacial score (nSPS) is 10.6. The average Bonchev–Trinajstić information content (AvgIpc) is 2.46. The standard InChI is InChI=1S/C17H19NO3/c1-18(2)12-11-13-7-3-5-9-15(13)21-16-10-6-4-8-14(16)17(19)20/h3-10H,11-12H2,1-2H3,(H,19,20). The molecule has 0 saturated carbocycles. The molecule has 0 fully saturated rings. The molecule has 0 radical (unpaired) electrons. The monoisotopic (exact) mass is 285 g/mol. The molecular weight excluding hydrogens is 266 g/mol. The van der Waals surface area contributed by atoms with E-state index >= 15 is 0 Å². The van der Waals surface area contributed by atoms with Gasteiger partial charge in [0.2, 0.25) is 0 Å². The summed E-state index contributed by atoms with van der Waals surface area (Å²) in [5.41, 5.74) is 1.23. The topological polar surface area (TPSA) is 49.8 Å². The molecular formula is C17H19NO3. The van der Waals surface area contributed by atoms with Gasteiger partial charge in [-0.15, -0.1) is 0 Å². The summed E-state index contributed by atoms with van der Waals surface area (Å²) < 4.78 is 5.83. The zero-order valence-corrected chi connectivity index (χ0v) is 12.2. The van der Waals surface area contributed by atoms with Crippen LogP contribution in [0.5, 0.6) is 11.5 Å². The van der Waals surface area contributed by atoms with E-state index in [-0.39, 0.29) is 5.56 Å². The molecule has 0 heterocycles. The summed E-state index contributed by atoms with van der Waals surface area (Å²) in [4.78, 5) is 13.3. The van der Waals surface area contributed by atoms with Crippen LogP contribution in [0, 0.1) is 0 Å². The SMILES string of the molecule is CN(C)CCc1ccccc1Oc1ccccc1C(=O)O. The highest BCUT2D eigenvalue weighted by atomic mass is 16.5. The van der Waals surface area contributed by atoms with E-state index < -0.39 is 5.97 Å². The fourth-order valence-electron chi connectivity index (χ4n) is 2.00. The fraction of sp³-hybridized carbons (Fsp3) is 0.235. The zero-order valence-electron chi connectivity index (χ0n) is 12.2. The highest BCUT2D eigenvalue weighted by Crippen LogP contribution is 2.28. The third kappa shape index (κ3) is 4.07. The van der Waals surface area contributed by atoms with Gasteiger partial charge in [-0.05, 0) is 44.3 Å². The van der Waals surface area contributed by atoms with Gasteiger partial charge < -0.3 is 14.7 Å². The number of carbonyl (C=O) groups is 1. The first-order valence-corrected chi connectivity index (χ1v) is 6.80. The second-order valence-electron chi connectivity index (χ2n) is 5.06. The minimum Gasteiger partial charge on any atom is -0.478 e. The lowest BCUT2D eigenvalue weighted by Crippen LogP contribution is -2.15. The molecule has 0 saturated heterocycles. The molecule has 0 spiro atoms. The van der Waals surface area contributed by atoms with Gasteiger partial charge in [-0.3, -0.25) is 0 Å². The van der Waals surface area contributed by atoms with E-state index in [1.165, 1.54) is 0 Å². The first-order valence-electron chi connectivity index (χ1n) is 6.80. The van der Waals surface area contributed by atoms with E-state index in [0.29, 0.717) is 11.5 Å². The quantitative estimate of drug-likeness (QED) is 0.885. The average molecular weight is 285 g/mol. The fourth-order valence-corrected chi connectivity index (χ4v) is 2.00. The van der Waals surface area contributed by atoms with E-state index in [1.54, 1.807) is 24.3 Å². The maximum atomic E-state index is 11.2. The van der Waals surface area contributed by atoms with E-state index in [9.17, 15) is 9.90 Å². The predicted molar refractivity (Wildman–Crippen MR) is 82.2 cm³/mol. The van der Waals surface area contributed by atoms with Crippen molar-refractivity contribution in [2.75, 3.05) is 20.6 Å². The predicted octanol–water partition coefficient (Wildman–Crippen LogP) is 3.28. The van der Waals surface area contributed by atoms with Crippen LogP contribution in [0.15, 0.2) is 48.5 Å². The van der Waals surface area contributed by atoms with Gasteiger partial charge in [-0.2, -0.15) is 0 Å². The van der Waals surface area contributed by atoms with E-state index in [2.05, 4.69) is 4.90 Å². The van der Waals surface area contributed by atoms with E-state index in [0.717, 1.165) is 18.5 Å². The van der Waals surface area contributed by atoms with E-state index in [4.69, 9.17) is 4.74 Å². The second kappa shape index (κ2) is 6.90. The summed E-state index contributed by atoms with van der Waals surface area (Å²) in [6.07, 6.45) is 0.846. The van der Waals surface area contributed by atoms with Crippen molar-refractivity contribution in [2.45, 2.75) is 6.42 Å². The summed E-state index contributed by atoms with van der Waals surface area (Å²) in [5.74, 6) is 0.0757. The maximum absolute atomic E-state index is 11.2. The van der Waals surface area contributed by atoms with Crippen molar-refractivity contribution in [2.24, 2.45) is 0 Å². The van der Waals surface area contributed by atoms with Gasteiger partial charge in [-0.25, -0.2) is 4.79 Å². The molecule has 4 heteroatoms. The molecule has 0 unspecified atom stereocenters. The number of ether oxygens (including phenoxy) is 1. The molecule has 2 rings (SSSR count). The lowest BCUT2D eigenvalue weighted by atomic mass is 10.1. The van der Waals surface area contributed by atoms with Crippen molar-refractivity contribution in [3.05, 3.63) is 59.7 Å². The molecule has 2 aromatic carbocycles. The van der Waals surface area contributed by atoms with Crippen LogP contribution in [-0.4, -0.2) is 36.6 Å². The first-order chi connectivity index (χ1) is 10.1. The van der Waals surface area contributed by atoms with Crippen LogP contribution >= 0.6 is 0 Å². The molecule has 0 aliphatic heterocycles. The largest absolute Gasteiger partial charge is 0.478 e. The van der Waals surface area contributed by atoms with Crippen LogP contribution < -0.4 is 4.74 Å². The van der Waals surface area contributed by atoms with Crippen molar-refractivity contribution >= 4 is 5.97 Å². The number of carboxylic acid groups (broad SMARTS) is 1. The van der Waals surface area contributed by atoms with Crippen LogP contribution in [0.3, 0.4) is 0 Å². The van der Waals surface area contributed by atoms with Crippen LogP contribution in [0.1, 0.15) is 15.9 Å². The maximum Gasteiger partial charge on any atom is 0.339 e. The number of rotatable bonds is 6. The molecule has 0 bridgehead atoms. The summed E-state index contributed by atoms with van der Waals surface area (Å²) in [6.45, 7) is 0.904. The molecule has 4 nitrogen and oxygen atoms in total. The number of para-hydroxylation sites is 2. The Morgan fingerprint density at radius 1 is 1.05 bits per heavy atom. The van der Waals surface area contributed by atoms with Crippen LogP contribution in [0.25, 0.3) is 0 Å². The van der Waals surface area contributed by atoms with Crippen molar-refractivity contribution in [3.63, 3.8) is 0 Å². The number of aromatic carboxylic acids is 1. The van der Waals surface area contributed by atoms with Crippen LogP contribution in [0.4, 0.5) is 0 Å². The minimum atomic E-state index is -0.989. The lowest BCUT2D eigenvalue weighted by molar-refractivity contribution is 0.0694. The third-order valence-corrected chi connectivity index (χ3v) is 3.14. The van der Waals surface area contributed by atoms with E-state index in [1.807, 2.05) is 38.4 Å². The summed E-state index contributed by atoms with van der Waals surface area (Å²) in [6, 6.07) is 14.4. The number of hydrogen-bond donors (Lipinski definition) is 1. The van der Waals surface area contributed by atoms with Gasteiger partial charge in [-0.1, -0.05) is 30.3 Å². The Bertz CT molecular complexity index is 623. The Labute approximate surface area is 124 Å². The molecule has 0 aliphatic carbocycles. The van der Waals surface area contributed by atoms with Gasteiger partial charge in [0.25, 0.3) is 0 Å². The lowest BCUT2D eigenvalue weighted by Gasteiger charge is -2.14. The van der Waals surface area contributed by atoms with Crippen molar-refractivity contribution in [1.29, 1.82) is 0 Å². The van der Waals surface area contributed by atoms with Crippen molar-refractivity contribution < 1.29 is 14.6 Å². The smallest absolute Gasteiger partial charge is 0.339 e. The van der Waals surface area contributed by atoms with Gasteiger partial charge >= 0.3 is 5.97 Å². The second-order valence-corrected chi connectivity index (χ2v) is 5.06. The molecule has 0 amide bonds. The Morgan fingerprint density at radius 3 is 2.33 bits per heavy atom. The summed E-state index contributed by atoms with van der Waals surface area (Å²) in [5, 5.41) is 9.20. The molecule has 0 aliphatic rings. The molecule has 0 aromatic heterocycles. The number of benzene rings is 2. The highest BCUT2D eigenvalue weighted by molar-refractivity contribution is 5.90. The van der Waals surface area contributed by atoms with Gasteiger partial charge in [0.1, 0.15) is 17.1 Å². The number of nitrogens with zero attached hydrogens (tertiary/aromatic N) is 1. The molecule has 1 N–H and O–H groups in total. The molecule has 110 valence electrons. The number of hydrogen-bond acceptors (Lipinski definition) is 3. The summed E-state index contributed by atoms with van der Waals surface area (Å²) in [7, 11) is 4.03. The minimum absolute atomic E-state index is 0.167. The third-order valence-electron chi connectivity index (χ3n) is 3.14. The Morgan fingerprint density at radius 2 is 1.67 bits per heavy atom. The highest BCUT2D eigenvalue weighted by Gasteiger charge is 2.12. The van der Waals surface area contributed by atoms with Gasteiger partial charge in [0.15, 0.2) is 0 Å². The summed E-state index contributed by atoms with van der Waals surface area (Å²) >= 11 is 0. The Hall–Kier alpha value is -2.33. The van der Waals surface area contributed by atoms with Crippen molar-refractivity contribution in [1.82, 2.24) is 4.90 Å². The Kier molecular flexibility index (Phi) is 4.95. The number of likely N-dealkylation sites (N-methyl/N-ethyl adjacent to an activating group) is 1. The van der Waals surface area contributed by atoms with Gasteiger partial charge in [0.05, 0.1) is 0 Å². The molecule has 21 heavy (non-hydrogen) atoms. The van der Waals surface area contributed by atoms with Crippen LogP contribution in [-0.2, 0) is 6.42 Å². The van der Waals surface area contributed by atoms with Gasteiger partial charge in [0, 0.05) is 6.54 Å². The molecule has 2 aromatic rings. The zero-order chi connectivity index (χ0) is 15.2.